The molecule has 29 heavy (non-hydrogen) atoms. The summed E-state index contributed by atoms with van der Waals surface area (Å²) in [5, 5.41) is 0. The van der Waals surface area contributed by atoms with Crippen molar-refractivity contribution in [3.05, 3.63) is 72.1 Å². The average Bonchev–Trinajstić information content (AvgIpc) is 3.27. The van der Waals surface area contributed by atoms with Crippen molar-refractivity contribution in [2.75, 3.05) is 0 Å². The van der Waals surface area contributed by atoms with E-state index in [-0.39, 0.29) is 11.0 Å². The van der Waals surface area contributed by atoms with Crippen molar-refractivity contribution in [3.8, 4) is 16.8 Å². The molecule has 0 amide bonds. The number of hydrogen-bond donors (Lipinski definition) is 0. The number of aromatic nitrogens is 2. The van der Waals surface area contributed by atoms with Gasteiger partial charge in [-0.3, -0.25) is 0 Å². The van der Waals surface area contributed by atoms with Gasteiger partial charge < -0.3 is 0 Å². The molecule has 1 aromatic heterocycles. The van der Waals surface area contributed by atoms with Gasteiger partial charge in [-0.25, -0.2) is 0 Å². The van der Waals surface area contributed by atoms with Crippen LogP contribution in [0.1, 0.15) is 71.4 Å². The predicted octanol–water partition coefficient (Wildman–Crippen LogP) is 6.58. The molecule has 0 saturated heterocycles. The Hall–Kier alpha value is -2.35. The van der Waals surface area contributed by atoms with Gasteiger partial charge in [0.2, 0.25) is 0 Å². The van der Waals surface area contributed by atoms with Gasteiger partial charge in [-0.1, -0.05) is 63.6 Å². The fourth-order valence-corrected chi connectivity index (χ4v) is 5.22. The van der Waals surface area contributed by atoms with E-state index in [4.69, 9.17) is 0 Å². The summed E-state index contributed by atoms with van der Waals surface area (Å²) in [6, 6.07) is 18.4. The second kappa shape index (κ2) is 7.48. The van der Waals surface area contributed by atoms with Crippen LogP contribution in [0.2, 0.25) is 0 Å². The first-order valence-electron chi connectivity index (χ1n) is 11.3. The molecule has 2 unspecified atom stereocenters. The summed E-state index contributed by atoms with van der Waals surface area (Å²) in [5.41, 5.74) is 6.97. The molecule has 0 spiro atoms. The second-order valence-electron chi connectivity index (χ2n) is 9.03. The maximum absolute atomic E-state index is 2.45. The molecule has 0 aliphatic carbocycles. The van der Waals surface area contributed by atoms with Crippen LogP contribution < -0.4 is 4.68 Å². The first kappa shape index (κ1) is 19.9. The van der Waals surface area contributed by atoms with Crippen molar-refractivity contribution in [1.82, 2.24) is 4.68 Å². The lowest BCUT2D eigenvalue weighted by Crippen LogP contribution is -2.70. The number of rotatable bonds is 6. The van der Waals surface area contributed by atoms with Crippen LogP contribution in [0.4, 0.5) is 0 Å². The summed E-state index contributed by atoms with van der Waals surface area (Å²) < 4.78 is 4.81. The fraction of sp³-hybridized carbons (Fsp3) is 0.444. The van der Waals surface area contributed by atoms with E-state index in [9.17, 15) is 0 Å². The molecule has 2 heterocycles. The average molecular weight is 388 g/mol. The highest BCUT2D eigenvalue weighted by Gasteiger charge is 2.56. The van der Waals surface area contributed by atoms with Gasteiger partial charge in [0, 0.05) is 19.4 Å². The van der Waals surface area contributed by atoms with Crippen molar-refractivity contribution in [2.24, 2.45) is 0 Å². The van der Waals surface area contributed by atoms with Gasteiger partial charge in [0.1, 0.15) is 5.69 Å². The van der Waals surface area contributed by atoms with Crippen molar-refractivity contribution in [1.29, 1.82) is 0 Å². The third-order valence-electron chi connectivity index (χ3n) is 7.72. The molecule has 3 aromatic rings. The maximum atomic E-state index is 2.45. The number of benzene rings is 2. The largest absolute Gasteiger partial charge is 0.198 e. The Kier molecular flexibility index (Phi) is 5.14. The lowest BCUT2D eigenvalue weighted by Gasteiger charge is -2.45. The Morgan fingerprint density at radius 2 is 1.62 bits per heavy atom. The quantitative estimate of drug-likeness (QED) is 0.422. The molecule has 4 rings (SSSR count). The van der Waals surface area contributed by atoms with Gasteiger partial charge in [-0.05, 0) is 54.5 Å². The highest BCUT2D eigenvalue weighted by atomic mass is 15.4. The van der Waals surface area contributed by atoms with Crippen molar-refractivity contribution in [2.45, 2.75) is 77.7 Å². The van der Waals surface area contributed by atoms with Gasteiger partial charge in [-0.15, -0.1) is 9.36 Å². The van der Waals surface area contributed by atoms with Crippen LogP contribution in [-0.2, 0) is 17.4 Å². The molecule has 2 heteroatoms. The first-order chi connectivity index (χ1) is 14.0. The molecular formula is C27H35N2+. The number of nitrogens with zero attached hydrogens (tertiary/aromatic N) is 2. The molecule has 0 radical (unpaired) electrons. The molecule has 0 saturated carbocycles. The smallest absolute Gasteiger partial charge is 0.128 e. The van der Waals surface area contributed by atoms with Crippen molar-refractivity contribution < 1.29 is 4.68 Å². The first-order valence-corrected chi connectivity index (χ1v) is 11.3. The number of aryl methyl sites for hydroxylation is 1. The number of hydrogen-bond acceptors (Lipinski definition) is 0. The van der Waals surface area contributed by atoms with E-state index in [0.717, 1.165) is 12.8 Å². The summed E-state index contributed by atoms with van der Waals surface area (Å²) in [6.45, 7) is 11.8. The maximum Gasteiger partial charge on any atom is 0.198 e. The Morgan fingerprint density at radius 3 is 2.28 bits per heavy atom. The lowest BCUT2D eigenvalue weighted by atomic mass is 9.63. The Morgan fingerprint density at radius 1 is 0.897 bits per heavy atom. The topological polar surface area (TPSA) is 8.81 Å². The monoisotopic (exact) mass is 387 g/mol. The van der Waals surface area contributed by atoms with Crippen LogP contribution in [0.25, 0.3) is 16.8 Å². The lowest BCUT2D eigenvalue weighted by molar-refractivity contribution is -0.836. The van der Waals surface area contributed by atoms with Crippen molar-refractivity contribution >= 4 is 0 Å². The van der Waals surface area contributed by atoms with Gasteiger partial charge in [0.05, 0.1) is 11.6 Å². The summed E-state index contributed by atoms with van der Waals surface area (Å²) in [7, 11) is 0. The highest BCUT2D eigenvalue weighted by molar-refractivity contribution is 5.68. The van der Waals surface area contributed by atoms with Gasteiger partial charge in [0.15, 0.2) is 11.7 Å². The SMILES string of the molecule is CCCCc1ccc(-c2ccc3c(c2)-n2ccc[n+]2C(C)(CC)C3(C)CC)cc1. The Labute approximate surface area is 176 Å². The molecule has 2 atom stereocenters. The third-order valence-corrected chi connectivity index (χ3v) is 7.72. The summed E-state index contributed by atoms with van der Waals surface area (Å²) in [5.74, 6) is 0. The minimum Gasteiger partial charge on any atom is -0.128 e. The van der Waals surface area contributed by atoms with Crippen LogP contribution in [0.5, 0.6) is 0 Å². The van der Waals surface area contributed by atoms with Crippen LogP contribution in [0.3, 0.4) is 0 Å². The second-order valence-corrected chi connectivity index (χ2v) is 9.03. The summed E-state index contributed by atoms with van der Waals surface area (Å²) in [6.07, 6.45) is 10.4. The molecule has 2 nitrogen and oxygen atoms in total. The van der Waals surface area contributed by atoms with E-state index in [0.29, 0.717) is 0 Å². The van der Waals surface area contributed by atoms with Gasteiger partial charge >= 0.3 is 0 Å². The zero-order valence-electron chi connectivity index (χ0n) is 18.7. The third kappa shape index (κ3) is 2.96. The van der Waals surface area contributed by atoms with E-state index >= 15 is 0 Å². The molecule has 0 N–H and O–H groups in total. The zero-order chi connectivity index (χ0) is 20.6. The molecular weight excluding hydrogens is 352 g/mol. The van der Waals surface area contributed by atoms with Gasteiger partial charge in [-0.2, -0.15) is 0 Å². The summed E-state index contributed by atoms with van der Waals surface area (Å²) in [4.78, 5) is 0. The van der Waals surface area contributed by atoms with Crippen molar-refractivity contribution in [3.63, 3.8) is 0 Å². The van der Waals surface area contributed by atoms with E-state index < -0.39 is 0 Å². The highest BCUT2D eigenvalue weighted by Crippen LogP contribution is 2.47. The van der Waals surface area contributed by atoms with E-state index in [1.54, 1.807) is 0 Å². The number of fused-ring (bicyclic) bond motifs is 3. The normalized spacial score (nSPS) is 22.9. The van der Waals surface area contributed by atoms with E-state index in [1.807, 2.05) is 0 Å². The van der Waals surface area contributed by atoms with E-state index in [2.05, 4.69) is 105 Å². The van der Waals surface area contributed by atoms with Crippen LogP contribution in [0, 0.1) is 0 Å². The molecule has 0 bridgehead atoms. The molecule has 1 aliphatic rings. The molecule has 1 aliphatic heterocycles. The predicted molar refractivity (Wildman–Crippen MR) is 122 cm³/mol. The molecule has 2 aromatic carbocycles. The molecule has 0 fully saturated rings. The minimum absolute atomic E-state index is 0.0562. The fourth-order valence-electron chi connectivity index (χ4n) is 5.22. The minimum atomic E-state index is 0.0562. The number of unbranched alkanes of at least 4 members (excludes halogenated alkanes) is 1. The Bertz CT molecular complexity index is 998. The van der Waals surface area contributed by atoms with E-state index in [1.165, 1.54) is 47.2 Å². The van der Waals surface area contributed by atoms with Gasteiger partial charge in [0.25, 0.3) is 0 Å². The van der Waals surface area contributed by atoms with Crippen LogP contribution in [-0.4, -0.2) is 4.68 Å². The van der Waals surface area contributed by atoms with Crippen LogP contribution >= 0.6 is 0 Å². The summed E-state index contributed by atoms with van der Waals surface area (Å²) >= 11 is 0. The zero-order valence-corrected chi connectivity index (χ0v) is 18.7. The Balaban J connectivity index is 1.81. The standard InChI is InChI=1S/C27H35N2/c1-6-9-11-21-12-14-22(15-13-21)23-16-17-24-25(20-23)28-18-10-19-29(28)27(5,8-3)26(24,4)7-2/h10,12-20H,6-9,11H2,1-5H3/q+1. The molecule has 152 valence electrons. The van der Waals surface area contributed by atoms with Crippen LogP contribution in [0.15, 0.2) is 60.9 Å².